The SMILES string of the molecule is CC(=O)Nc1nc(CCc2ccc(C(N)N(N)C=O)cc2)cs1. The van der Waals surface area contributed by atoms with E-state index in [1.165, 1.54) is 18.3 Å². The second-order valence-electron chi connectivity index (χ2n) is 5.06. The van der Waals surface area contributed by atoms with Gasteiger partial charge in [-0.3, -0.25) is 14.6 Å². The van der Waals surface area contributed by atoms with E-state index in [1.54, 1.807) is 0 Å². The van der Waals surface area contributed by atoms with Gasteiger partial charge < -0.3 is 11.1 Å². The first-order chi connectivity index (χ1) is 11.0. The Labute approximate surface area is 138 Å². The molecule has 0 fully saturated rings. The molecule has 5 N–H and O–H groups in total. The Hall–Kier alpha value is -2.29. The minimum absolute atomic E-state index is 0.123. The highest BCUT2D eigenvalue weighted by Crippen LogP contribution is 2.18. The van der Waals surface area contributed by atoms with E-state index in [1.807, 2.05) is 29.6 Å². The Morgan fingerprint density at radius 2 is 2.09 bits per heavy atom. The number of carbonyl (C=O) groups excluding carboxylic acids is 2. The maximum absolute atomic E-state index is 11.0. The molecule has 1 aromatic carbocycles. The molecule has 1 aromatic heterocycles. The van der Waals surface area contributed by atoms with Crippen LogP contribution < -0.4 is 16.9 Å². The number of nitrogens with one attached hydrogen (secondary N) is 1. The molecule has 0 aliphatic heterocycles. The van der Waals surface area contributed by atoms with Crippen LogP contribution >= 0.6 is 11.3 Å². The van der Waals surface area contributed by atoms with E-state index in [0.717, 1.165) is 34.7 Å². The molecule has 7 nitrogen and oxygen atoms in total. The average molecular weight is 333 g/mol. The molecule has 0 aliphatic carbocycles. The largest absolute Gasteiger partial charge is 0.306 e. The first-order valence-electron chi connectivity index (χ1n) is 7.04. The van der Waals surface area contributed by atoms with Gasteiger partial charge in [-0.25, -0.2) is 10.8 Å². The molecule has 0 radical (unpaired) electrons. The van der Waals surface area contributed by atoms with Crippen molar-refractivity contribution in [2.24, 2.45) is 11.6 Å². The van der Waals surface area contributed by atoms with Gasteiger partial charge in [0.15, 0.2) is 5.13 Å². The Balaban J connectivity index is 1.92. The van der Waals surface area contributed by atoms with E-state index in [9.17, 15) is 9.59 Å². The lowest BCUT2D eigenvalue weighted by atomic mass is 10.1. The van der Waals surface area contributed by atoms with Gasteiger partial charge in [-0.2, -0.15) is 0 Å². The molecule has 0 saturated carbocycles. The minimum Gasteiger partial charge on any atom is -0.306 e. The molecule has 23 heavy (non-hydrogen) atoms. The third kappa shape index (κ3) is 4.85. The molecule has 8 heteroatoms. The Bertz CT molecular complexity index is 671. The molecule has 2 aromatic rings. The normalized spacial score (nSPS) is 11.8. The van der Waals surface area contributed by atoms with Gasteiger partial charge in [-0.05, 0) is 24.0 Å². The van der Waals surface area contributed by atoms with E-state index in [4.69, 9.17) is 11.6 Å². The predicted octanol–water partition coefficient (Wildman–Crippen LogP) is 1.18. The third-order valence-electron chi connectivity index (χ3n) is 3.27. The number of aryl methyl sites for hydroxylation is 2. The number of rotatable bonds is 7. The molecule has 2 amide bonds. The molecule has 0 spiro atoms. The lowest BCUT2D eigenvalue weighted by molar-refractivity contribution is -0.120. The molecule has 0 saturated heterocycles. The van der Waals surface area contributed by atoms with Gasteiger partial charge in [0, 0.05) is 12.3 Å². The number of nitrogens with two attached hydrogens (primary N) is 2. The van der Waals surface area contributed by atoms with Crippen molar-refractivity contribution in [2.45, 2.75) is 25.9 Å². The predicted molar refractivity (Wildman–Crippen MR) is 89.3 cm³/mol. The number of aromatic nitrogens is 1. The van der Waals surface area contributed by atoms with Crippen LogP contribution in [0.2, 0.25) is 0 Å². The summed E-state index contributed by atoms with van der Waals surface area (Å²) in [5, 5.41) is 6.15. The van der Waals surface area contributed by atoms with E-state index >= 15 is 0 Å². The van der Waals surface area contributed by atoms with Crippen molar-refractivity contribution >= 4 is 28.8 Å². The molecular weight excluding hydrogens is 314 g/mol. The van der Waals surface area contributed by atoms with Crippen LogP contribution in [0.25, 0.3) is 0 Å². The van der Waals surface area contributed by atoms with Crippen molar-refractivity contribution in [3.05, 3.63) is 46.5 Å². The Morgan fingerprint density at radius 1 is 1.39 bits per heavy atom. The number of hydrogen-bond acceptors (Lipinski definition) is 6. The zero-order chi connectivity index (χ0) is 16.8. The number of benzene rings is 1. The van der Waals surface area contributed by atoms with Crippen molar-refractivity contribution in [1.82, 2.24) is 9.99 Å². The zero-order valence-corrected chi connectivity index (χ0v) is 13.5. The van der Waals surface area contributed by atoms with Crippen molar-refractivity contribution in [3.63, 3.8) is 0 Å². The van der Waals surface area contributed by atoms with E-state index in [2.05, 4.69) is 10.3 Å². The lowest BCUT2D eigenvalue weighted by Crippen LogP contribution is -2.38. The van der Waals surface area contributed by atoms with Crippen LogP contribution in [-0.4, -0.2) is 22.3 Å². The van der Waals surface area contributed by atoms with Crippen LogP contribution in [0.1, 0.15) is 29.9 Å². The fourth-order valence-corrected chi connectivity index (χ4v) is 2.81. The van der Waals surface area contributed by atoms with Gasteiger partial charge in [0.05, 0.1) is 5.69 Å². The topological polar surface area (TPSA) is 114 Å². The molecule has 1 atom stereocenters. The molecule has 0 bridgehead atoms. The highest BCUT2D eigenvalue weighted by molar-refractivity contribution is 7.13. The standard InChI is InChI=1S/C15H19N5O2S/c1-10(22)18-15-19-13(8-23-15)7-4-11-2-5-12(6-3-11)14(16)20(17)9-21/h2-3,5-6,8-9,14H,4,7,16-17H2,1H3,(H,18,19,22). The molecular formula is C15H19N5O2S. The number of nitrogens with zero attached hydrogens (tertiary/aromatic N) is 2. The quantitative estimate of drug-likeness (QED) is 0.231. The van der Waals surface area contributed by atoms with Gasteiger partial charge >= 0.3 is 0 Å². The summed E-state index contributed by atoms with van der Waals surface area (Å²) in [4.78, 5) is 25.9. The second kappa shape index (κ2) is 7.82. The van der Waals surface area contributed by atoms with Crippen molar-refractivity contribution in [1.29, 1.82) is 0 Å². The van der Waals surface area contributed by atoms with Crippen LogP contribution in [-0.2, 0) is 22.4 Å². The van der Waals surface area contributed by atoms with E-state index in [-0.39, 0.29) is 5.91 Å². The zero-order valence-electron chi connectivity index (χ0n) is 12.7. The summed E-state index contributed by atoms with van der Waals surface area (Å²) in [5.74, 6) is 5.34. The fraction of sp³-hybridized carbons (Fsp3) is 0.267. The van der Waals surface area contributed by atoms with Crippen LogP contribution in [0.15, 0.2) is 29.6 Å². The van der Waals surface area contributed by atoms with Gasteiger partial charge in [-0.1, -0.05) is 24.3 Å². The summed E-state index contributed by atoms with van der Waals surface area (Å²) in [6.07, 6.45) is 1.44. The first-order valence-corrected chi connectivity index (χ1v) is 7.92. The highest BCUT2D eigenvalue weighted by atomic mass is 32.1. The van der Waals surface area contributed by atoms with Crippen molar-refractivity contribution in [2.75, 3.05) is 5.32 Å². The molecule has 2 rings (SSSR count). The van der Waals surface area contributed by atoms with Gasteiger partial charge in [0.25, 0.3) is 0 Å². The number of hydrazine groups is 1. The molecule has 0 aliphatic rings. The van der Waals surface area contributed by atoms with E-state index in [0.29, 0.717) is 11.5 Å². The smallest absolute Gasteiger partial charge is 0.225 e. The number of thiazole rings is 1. The van der Waals surface area contributed by atoms with Crippen LogP contribution in [0.5, 0.6) is 0 Å². The average Bonchev–Trinajstić information content (AvgIpc) is 2.98. The second-order valence-corrected chi connectivity index (χ2v) is 5.92. The van der Waals surface area contributed by atoms with Crippen LogP contribution in [0.4, 0.5) is 5.13 Å². The van der Waals surface area contributed by atoms with E-state index < -0.39 is 6.17 Å². The number of anilines is 1. The third-order valence-corrected chi connectivity index (χ3v) is 4.08. The number of carbonyl (C=O) groups is 2. The summed E-state index contributed by atoms with van der Waals surface area (Å²) in [6.45, 7) is 1.46. The maximum atomic E-state index is 11.0. The highest BCUT2D eigenvalue weighted by Gasteiger charge is 2.10. The van der Waals surface area contributed by atoms with Crippen LogP contribution in [0, 0.1) is 0 Å². The minimum atomic E-state index is -0.652. The number of amides is 2. The summed E-state index contributed by atoms with van der Waals surface area (Å²) in [6, 6.07) is 7.62. The summed E-state index contributed by atoms with van der Waals surface area (Å²) in [7, 11) is 0. The van der Waals surface area contributed by atoms with Gasteiger partial charge in [0.1, 0.15) is 6.17 Å². The number of hydrogen-bond donors (Lipinski definition) is 3. The van der Waals surface area contributed by atoms with Crippen molar-refractivity contribution in [3.8, 4) is 0 Å². The summed E-state index contributed by atoms with van der Waals surface area (Å²) < 4.78 is 0. The van der Waals surface area contributed by atoms with Crippen LogP contribution in [0.3, 0.4) is 0 Å². The molecule has 1 heterocycles. The maximum Gasteiger partial charge on any atom is 0.225 e. The fourth-order valence-electron chi connectivity index (χ4n) is 2.02. The molecule has 1 unspecified atom stereocenters. The van der Waals surface area contributed by atoms with Gasteiger partial charge in [-0.15, -0.1) is 11.3 Å². The Kier molecular flexibility index (Phi) is 5.80. The Morgan fingerprint density at radius 3 is 2.70 bits per heavy atom. The summed E-state index contributed by atoms with van der Waals surface area (Å²) >= 11 is 1.41. The monoisotopic (exact) mass is 333 g/mol. The lowest BCUT2D eigenvalue weighted by Gasteiger charge is -2.19. The van der Waals surface area contributed by atoms with Crippen molar-refractivity contribution < 1.29 is 9.59 Å². The molecule has 122 valence electrons. The van der Waals surface area contributed by atoms with Gasteiger partial charge in [0.2, 0.25) is 12.3 Å². The first kappa shape index (κ1) is 17.1. The summed E-state index contributed by atoms with van der Waals surface area (Å²) in [5.41, 5.74) is 8.67.